The molecule has 0 atom stereocenters. The second kappa shape index (κ2) is 11.1. The number of carbonyl (C=O) groups excluding carboxylic acids is 1. The zero-order valence-electron chi connectivity index (χ0n) is 17.7. The van der Waals surface area contributed by atoms with Crippen molar-refractivity contribution in [2.24, 2.45) is 0 Å². The average molecular weight is 477 g/mol. The number of halogens is 3. The van der Waals surface area contributed by atoms with Crippen LogP contribution in [0.15, 0.2) is 54.6 Å². The third kappa shape index (κ3) is 6.52. The van der Waals surface area contributed by atoms with Crippen LogP contribution in [0.5, 0.6) is 11.5 Å². The molecule has 0 saturated heterocycles. The zero-order valence-corrected chi connectivity index (χ0v) is 19.2. The van der Waals surface area contributed by atoms with Gasteiger partial charge in [0.05, 0.1) is 11.6 Å². The summed E-state index contributed by atoms with van der Waals surface area (Å²) in [5.74, 6) is 0.200. The number of hydrogen-bond acceptors (Lipinski definition) is 4. The SMILES string of the molecule is CCOc1cc(CNc2ccc(F)c(Cl)c2)ccc1OCC(=O)Nc1ccc(C)c(Cl)c1. The molecular weight excluding hydrogens is 454 g/mol. The molecule has 0 bridgehead atoms. The van der Waals surface area contributed by atoms with Crippen molar-refractivity contribution in [3.05, 3.63) is 81.6 Å². The van der Waals surface area contributed by atoms with Crippen LogP contribution in [0.25, 0.3) is 0 Å². The summed E-state index contributed by atoms with van der Waals surface area (Å²) in [7, 11) is 0. The van der Waals surface area contributed by atoms with E-state index in [2.05, 4.69) is 10.6 Å². The molecule has 0 unspecified atom stereocenters. The monoisotopic (exact) mass is 476 g/mol. The average Bonchev–Trinajstić information content (AvgIpc) is 2.76. The first-order valence-corrected chi connectivity index (χ1v) is 10.7. The Labute approximate surface area is 196 Å². The van der Waals surface area contributed by atoms with E-state index in [4.69, 9.17) is 32.7 Å². The van der Waals surface area contributed by atoms with Crippen molar-refractivity contribution in [1.29, 1.82) is 0 Å². The molecule has 3 aromatic carbocycles. The third-order valence-corrected chi connectivity index (χ3v) is 5.24. The van der Waals surface area contributed by atoms with Gasteiger partial charge in [-0.3, -0.25) is 4.79 Å². The zero-order chi connectivity index (χ0) is 23.1. The van der Waals surface area contributed by atoms with Crippen LogP contribution in [0.4, 0.5) is 15.8 Å². The Kier molecular flexibility index (Phi) is 8.20. The fraction of sp³-hybridized carbons (Fsp3) is 0.208. The molecule has 168 valence electrons. The molecule has 3 rings (SSSR count). The Bertz CT molecular complexity index is 1110. The number of benzene rings is 3. The van der Waals surface area contributed by atoms with Crippen molar-refractivity contribution in [3.8, 4) is 11.5 Å². The lowest BCUT2D eigenvalue weighted by Gasteiger charge is -2.14. The minimum Gasteiger partial charge on any atom is -0.490 e. The van der Waals surface area contributed by atoms with Crippen LogP contribution in [-0.4, -0.2) is 19.1 Å². The molecular formula is C24H23Cl2FN2O3. The maximum atomic E-state index is 13.3. The molecule has 0 aliphatic rings. The van der Waals surface area contributed by atoms with E-state index in [0.717, 1.165) is 11.1 Å². The second-order valence-corrected chi connectivity index (χ2v) is 7.81. The van der Waals surface area contributed by atoms with Gasteiger partial charge >= 0.3 is 0 Å². The molecule has 0 radical (unpaired) electrons. The fourth-order valence-electron chi connectivity index (χ4n) is 2.87. The first-order valence-electron chi connectivity index (χ1n) is 9.99. The highest BCUT2D eigenvalue weighted by Gasteiger charge is 2.11. The summed E-state index contributed by atoms with van der Waals surface area (Å²) in [6.45, 7) is 4.48. The fourth-order valence-corrected chi connectivity index (χ4v) is 3.23. The summed E-state index contributed by atoms with van der Waals surface area (Å²) in [6, 6.07) is 15.2. The molecule has 0 saturated carbocycles. The highest BCUT2D eigenvalue weighted by atomic mass is 35.5. The highest BCUT2D eigenvalue weighted by Crippen LogP contribution is 2.29. The summed E-state index contributed by atoms with van der Waals surface area (Å²) in [6.07, 6.45) is 0. The van der Waals surface area contributed by atoms with Gasteiger partial charge < -0.3 is 20.1 Å². The number of carbonyl (C=O) groups is 1. The topological polar surface area (TPSA) is 59.6 Å². The molecule has 0 aliphatic carbocycles. The van der Waals surface area contributed by atoms with Crippen molar-refractivity contribution in [3.63, 3.8) is 0 Å². The van der Waals surface area contributed by atoms with E-state index in [1.807, 2.05) is 32.0 Å². The number of hydrogen-bond donors (Lipinski definition) is 2. The largest absolute Gasteiger partial charge is 0.490 e. The van der Waals surface area contributed by atoms with E-state index in [1.165, 1.54) is 12.1 Å². The molecule has 0 spiro atoms. The number of rotatable bonds is 9. The summed E-state index contributed by atoms with van der Waals surface area (Å²) in [5, 5.41) is 6.57. The number of anilines is 2. The van der Waals surface area contributed by atoms with Gasteiger partial charge in [-0.2, -0.15) is 0 Å². The van der Waals surface area contributed by atoms with E-state index >= 15 is 0 Å². The van der Waals surface area contributed by atoms with Gasteiger partial charge in [0.15, 0.2) is 18.1 Å². The van der Waals surface area contributed by atoms with Crippen LogP contribution in [0.1, 0.15) is 18.1 Å². The van der Waals surface area contributed by atoms with Crippen LogP contribution >= 0.6 is 23.2 Å². The number of ether oxygens (including phenoxy) is 2. The number of aryl methyl sites for hydroxylation is 1. The predicted molar refractivity (Wildman–Crippen MR) is 127 cm³/mol. The Balaban J connectivity index is 1.61. The van der Waals surface area contributed by atoms with E-state index < -0.39 is 5.82 Å². The van der Waals surface area contributed by atoms with E-state index in [-0.39, 0.29) is 17.5 Å². The standard InChI is InChI=1S/C24H23Cl2FN2O3/c1-3-31-23-10-16(13-28-17-7-8-21(27)20(26)11-17)5-9-22(23)32-14-24(30)29-18-6-4-15(2)19(25)12-18/h4-12,28H,3,13-14H2,1-2H3,(H,29,30). The van der Waals surface area contributed by atoms with Crippen molar-refractivity contribution in [2.45, 2.75) is 20.4 Å². The normalized spacial score (nSPS) is 10.5. The van der Waals surface area contributed by atoms with E-state index in [9.17, 15) is 9.18 Å². The lowest BCUT2D eigenvalue weighted by Crippen LogP contribution is -2.20. The van der Waals surface area contributed by atoms with Gasteiger partial charge in [0, 0.05) is 22.9 Å². The molecule has 0 aromatic heterocycles. The molecule has 5 nitrogen and oxygen atoms in total. The summed E-state index contributed by atoms with van der Waals surface area (Å²) >= 11 is 11.9. The third-order valence-electron chi connectivity index (χ3n) is 4.54. The van der Waals surface area contributed by atoms with Gasteiger partial charge in [-0.05, 0) is 67.4 Å². The maximum Gasteiger partial charge on any atom is 0.262 e. The van der Waals surface area contributed by atoms with Crippen molar-refractivity contribution >= 4 is 40.5 Å². The van der Waals surface area contributed by atoms with Gasteiger partial charge in [0.1, 0.15) is 5.82 Å². The van der Waals surface area contributed by atoms with E-state index in [0.29, 0.717) is 41.0 Å². The minimum atomic E-state index is -0.466. The molecule has 1 amide bonds. The van der Waals surface area contributed by atoms with Gasteiger partial charge in [0.25, 0.3) is 5.91 Å². The summed E-state index contributed by atoms with van der Waals surface area (Å²) in [5.41, 5.74) is 3.14. The quantitative estimate of drug-likeness (QED) is 0.371. The second-order valence-electron chi connectivity index (χ2n) is 7.00. The van der Waals surface area contributed by atoms with Crippen molar-refractivity contribution in [2.75, 3.05) is 23.8 Å². The minimum absolute atomic E-state index is 0.0555. The molecule has 0 aliphatic heterocycles. The summed E-state index contributed by atoms with van der Waals surface area (Å²) < 4.78 is 24.7. The Morgan fingerprint density at radius 2 is 1.69 bits per heavy atom. The van der Waals surface area contributed by atoms with Crippen LogP contribution in [0.3, 0.4) is 0 Å². The lowest BCUT2D eigenvalue weighted by molar-refractivity contribution is -0.118. The molecule has 32 heavy (non-hydrogen) atoms. The van der Waals surface area contributed by atoms with Crippen molar-refractivity contribution in [1.82, 2.24) is 0 Å². The smallest absolute Gasteiger partial charge is 0.262 e. The molecule has 0 heterocycles. The van der Waals surface area contributed by atoms with Crippen LogP contribution in [0, 0.1) is 12.7 Å². The first-order chi connectivity index (χ1) is 15.4. The molecule has 8 heteroatoms. The van der Waals surface area contributed by atoms with Crippen LogP contribution < -0.4 is 20.1 Å². The number of amides is 1. The van der Waals surface area contributed by atoms with Gasteiger partial charge in [-0.1, -0.05) is 35.3 Å². The predicted octanol–water partition coefficient (Wildman–Crippen LogP) is 6.47. The number of nitrogens with one attached hydrogen (secondary N) is 2. The Morgan fingerprint density at radius 3 is 2.41 bits per heavy atom. The van der Waals surface area contributed by atoms with Crippen LogP contribution in [0.2, 0.25) is 10.0 Å². The van der Waals surface area contributed by atoms with Crippen LogP contribution in [-0.2, 0) is 11.3 Å². The highest BCUT2D eigenvalue weighted by molar-refractivity contribution is 6.31. The van der Waals surface area contributed by atoms with Gasteiger partial charge in [-0.15, -0.1) is 0 Å². The summed E-state index contributed by atoms with van der Waals surface area (Å²) in [4.78, 5) is 12.3. The molecule has 3 aromatic rings. The molecule has 0 fully saturated rings. The van der Waals surface area contributed by atoms with Gasteiger partial charge in [0.2, 0.25) is 0 Å². The van der Waals surface area contributed by atoms with E-state index in [1.54, 1.807) is 24.3 Å². The Morgan fingerprint density at radius 1 is 0.938 bits per heavy atom. The first kappa shape index (κ1) is 23.7. The lowest BCUT2D eigenvalue weighted by atomic mass is 10.2. The van der Waals surface area contributed by atoms with Gasteiger partial charge in [-0.25, -0.2) is 4.39 Å². The molecule has 2 N–H and O–H groups in total. The van der Waals surface area contributed by atoms with Crippen molar-refractivity contribution < 1.29 is 18.7 Å². The maximum absolute atomic E-state index is 13.3. The Hall–Kier alpha value is -2.96.